The molecule has 0 radical (unpaired) electrons. The van der Waals surface area contributed by atoms with Gasteiger partial charge in [-0.15, -0.1) is 0 Å². The Kier molecular flexibility index (Phi) is 31.3. The van der Waals surface area contributed by atoms with Gasteiger partial charge in [0.2, 0.25) is 11.8 Å². The summed E-state index contributed by atoms with van der Waals surface area (Å²) in [5.41, 5.74) is 0. The first kappa shape index (κ1) is 44.0. The molecule has 0 aromatic heterocycles. The number of nitrogens with one attached hydrogen (secondary N) is 2. The third-order valence-corrected chi connectivity index (χ3v) is 10.7. The zero-order chi connectivity index (χ0) is 34.0. The van der Waals surface area contributed by atoms with Gasteiger partial charge in [0.1, 0.15) is 0 Å². The molecule has 0 bridgehead atoms. The van der Waals surface area contributed by atoms with Gasteiger partial charge in [-0.25, -0.2) is 0 Å². The lowest BCUT2D eigenvalue weighted by molar-refractivity contribution is -0.125. The molecule has 1 fully saturated rings. The van der Waals surface area contributed by atoms with Gasteiger partial charge in [-0.05, 0) is 31.6 Å². The van der Waals surface area contributed by atoms with Crippen LogP contribution in [0.15, 0.2) is 0 Å². The van der Waals surface area contributed by atoms with Crippen LogP contribution in [-0.2, 0) is 9.59 Å². The van der Waals surface area contributed by atoms with Gasteiger partial charge in [-0.1, -0.05) is 207 Å². The molecular formula is C43H84N2O2. The summed E-state index contributed by atoms with van der Waals surface area (Å²) >= 11 is 0. The number of hydrogen-bond acceptors (Lipinski definition) is 2. The smallest absolute Gasteiger partial charge is 0.220 e. The van der Waals surface area contributed by atoms with Crippen LogP contribution in [0.1, 0.15) is 245 Å². The van der Waals surface area contributed by atoms with E-state index in [0.29, 0.717) is 12.8 Å². The molecule has 0 saturated heterocycles. The van der Waals surface area contributed by atoms with E-state index in [4.69, 9.17) is 0 Å². The Morgan fingerprint density at radius 2 is 0.723 bits per heavy atom. The fraction of sp³-hybridized carbons (Fsp3) is 0.953. The minimum Gasteiger partial charge on any atom is -0.351 e. The molecule has 0 heterocycles. The molecule has 0 aromatic carbocycles. The Morgan fingerprint density at radius 3 is 1.02 bits per heavy atom. The molecule has 2 amide bonds. The normalized spacial score (nSPS) is 16.5. The van der Waals surface area contributed by atoms with Gasteiger partial charge >= 0.3 is 0 Å². The van der Waals surface area contributed by atoms with E-state index in [-0.39, 0.29) is 23.9 Å². The lowest BCUT2D eigenvalue weighted by Crippen LogP contribution is -2.53. The van der Waals surface area contributed by atoms with Gasteiger partial charge in [0, 0.05) is 24.9 Å². The minimum absolute atomic E-state index is 0.112. The summed E-state index contributed by atoms with van der Waals surface area (Å²) in [6.45, 7) is 6.94. The van der Waals surface area contributed by atoms with Crippen molar-refractivity contribution < 1.29 is 9.59 Å². The molecule has 1 rings (SSSR count). The third-order valence-electron chi connectivity index (χ3n) is 10.7. The van der Waals surface area contributed by atoms with E-state index in [9.17, 15) is 9.59 Å². The van der Waals surface area contributed by atoms with Crippen molar-refractivity contribution in [3.63, 3.8) is 0 Å². The van der Waals surface area contributed by atoms with Gasteiger partial charge < -0.3 is 10.6 Å². The van der Waals surface area contributed by atoms with E-state index in [2.05, 4.69) is 31.4 Å². The zero-order valence-corrected chi connectivity index (χ0v) is 32.3. The molecule has 0 aromatic rings. The van der Waals surface area contributed by atoms with Crippen molar-refractivity contribution in [1.29, 1.82) is 0 Å². The van der Waals surface area contributed by atoms with Crippen LogP contribution in [-0.4, -0.2) is 23.9 Å². The second-order valence-corrected chi connectivity index (χ2v) is 15.9. The maximum absolute atomic E-state index is 12.7. The highest BCUT2D eigenvalue weighted by Gasteiger charge is 2.27. The van der Waals surface area contributed by atoms with Crippen LogP contribution in [0.3, 0.4) is 0 Å². The number of carbonyl (C=O) groups excluding carboxylic acids is 2. The zero-order valence-electron chi connectivity index (χ0n) is 32.3. The van der Waals surface area contributed by atoms with E-state index in [1.54, 1.807) is 0 Å². The molecule has 0 unspecified atom stereocenters. The molecule has 2 N–H and O–H groups in total. The predicted octanol–water partition coefficient (Wildman–Crippen LogP) is 13.3. The maximum Gasteiger partial charge on any atom is 0.220 e. The molecule has 47 heavy (non-hydrogen) atoms. The van der Waals surface area contributed by atoms with Crippen LogP contribution in [0.5, 0.6) is 0 Å². The first-order chi connectivity index (χ1) is 23.0. The van der Waals surface area contributed by atoms with Crippen LogP contribution in [0.4, 0.5) is 0 Å². The Bertz CT molecular complexity index is 693. The quantitative estimate of drug-likeness (QED) is 0.0675. The monoisotopic (exact) mass is 661 g/mol. The van der Waals surface area contributed by atoms with Crippen molar-refractivity contribution >= 4 is 11.8 Å². The molecule has 4 heteroatoms. The van der Waals surface area contributed by atoms with Gasteiger partial charge in [0.25, 0.3) is 0 Å². The van der Waals surface area contributed by atoms with Crippen LogP contribution in [0.25, 0.3) is 0 Å². The van der Waals surface area contributed by atoms with Crippen LogP contribution < -0.4 is 10.6 Å². The average molecular weight is 661 g/mol. The lowest BCUT2D eigenvalue weighted by atomic mass is 9.90. The molecule has 0 aliphatic heterocycles. The molecule has 1 saturated carbocycles. The minimum atomic E-state index is 0.112. The molecule has 4 nitrogen and oxygen atoms in total. The first-order valence-corrected chi connectivity index (χ1v) is 21.6. The van der Waals surface area contributed by atoms with Crippen LogP contribution >= 0.6 is 0 Å². The van der Waals surface area contributed by atoms with Crippen molar-refractivity contribution in [2.45, 2.75) is 258 Å². The molecular weight excluding hydrogens is 576 g/mol. The summed E-state index contributed by atoms with van der Waals surface area (Å²) in [7, 11) is 0. The van der Waals surface area contributed by atoms with Gasteiger partial charge in [0.05, 0.1) is 0 Å². The van der Waals surface area contributed by atoms with Gasteiger partial charge in [0.15, 0.2) is 0 Å². The highest BCUT2D eigenvalue weighted by molar-refractivity contribution is 5.77. The SMILES string of the molecule is CCCCCCCCCCCCCCCCCC(=O)N[C@H]1CCCC[C@@H]1NC(=O)CCCCCCCCCCCCCCCC(C)C. The Labute approximate surface area is 294 Å². The predicted molar refractivity (Wildman–Crippen MR) is 206 cm³/mol. The van der Waals surface area contributed by atoms with Crippen molar-refractivity contribution in [3.8, 4) is 0 Å². The summed E-state index contributed by atoms with van der Waals surface area (Å²) < 4.78 is 0. The Balaban J connectivity index is 1.95. The summed E-state index contributed by atoms with van der Waals surface area (Å²) in [6, 6.07) is 0.225. The van der Waals surface area contributed by atoms with Crippen molar-refractivity contribution in [1.82, 2.24) is 10.6 Å². The van der Waals surface area contributed by atoms with Crippen molar-refractivity contribution in [2.75, 3.05) is 0 Å². The van der Waals surface area contributed by atoms with Gasteiger partial charge in [-0.3, -0.25) is 9.59 Å². The topological polar surface area (TPSA) is 58.2 Å². The average Bonchev–Trinajstić information content (AvgIpc) is 3.05. The number of carbonyl (C=O) groups is 2. The van der Waals surface area contributed by atoms with Crippen LogP contribution in [0.2, 0.25) is 0 Å². The maximum atomic E-state index is 12.7. The number of rotatable bonds is 34. The largest absolute Gasteiger partial charge is 0.351 e. The fourth-order valence-electron chi connectivity index (χ4n) is 7.47. The Hall–Kier alpha value is -1.06. The standard InChI is InChI=1S/C43H84N2O2/c1-4-5-6-7-8-9-10-11-12-15-18-21-24-27-30-37-42(46)44-40-35-32-33-36-41(40)45-43(47)38-31-28-25-22-19-16-13-14-17-20-23-26-29-34-39(2)3/h39-41H,4-38H2,1-3H3,(H,44,46)(H,45,47)/t40-,41-/m0/s1. The molecule has 0 spiro atoms. The van der Waals surface area contributed by atoms with E-state index in [1.807, 2.05) is 0 Å². The highest BCUT2D eigenvalue weighted by Crippen LogP contribution is 2.20. The Morgan fingerprint density at radius 1 is 0.447 bits per heavy atom. The molecule has 1 aliphatic rings. The highest BCUT2D eigenvalue weighted by atomic mass is 16.2. The molecule has 2 atom stereocenters. The molecule has 1 aliphatic carbocycles. The first-order valence-electron chi connectivity index (χ1n) is 21.6. The number of unbranched alkanes of at least 4 members (excludes halogenated alkanes) is 26. The second-order valence-electron chi connectivity index (χ2n) is 15.9. The van der Waals surface area contributed by atoms with E-state index in [1.165, 1.54) is 161 Å². The van der Waals surface area contributed by atoms with E-state index < -0.39 is 0 Å². The summed E-state index contributed by atoms with van der Waals surface area (Å²) in [4.78, 5) is 25.4. The van der Waals surface area contributed by atoms with E-state index in [0.717, 1.165) is 57.3 Å². The third kappa shape index (κ3) is 29.6. The second kappa shape index (κ2) is 33.4. The summed E-state index contributed by atoms with van der Waals surface area (Å²) in [6.07, 6.45) is 44.5. The molecule has 278 valence electrons. The van der Waals surface area contributed by atoms with Gasteiger partial charge in [-0.2, -0.15) is 0 Å². The lowest BCUT2D eigenvalue weighted by Gasteiger charge is -2.33. The number of hydrogen-bond donors (Lipinski definition) is 2. The van der Waals surface area contributed by atoms with Crippen molar-refractivity contribution in [2.24, 2.45) is 5.92 Å². The van der Waals surface area contributed by atoms with Crippen LogP contribution in [0, 0.1) is 5.92 Å². The van der Waals surface area contributed by atoms with E-state index >= 15 is 0 Å². The fourth-order valence-corrected chi connectivity index (χ4v) is 7.47. The summed E-state index contributed by atoms with van der Waals surface area (Å²) in [5, 5.41) is 6.59. The number of amides is 2. The summed E-state index contributed by atoms with van der Waals surface area (Å²) in [5.74, 6) is 1.23. The van der Waals surface area contributed by atoms with Crippen molar-refractivity contribution in [3.05, 3.63) is 0 Å².